The topological polar surface area (TPSA) is 21.6 Å². The van der Waals surface area contributed by atoms with E-state index in [1.165, 1.54) is 12.7 Å². The minimum Gasteiger partial charge on any atom is -0.399 e. The van der Waals surface area contributed by atoms with E-state index >= 15 is 0 Å². The maximum absolute atomic E-state index is 4.56. The number of benzene rings is 1. The Balaban J connectivity index is 2.79. The fourth-order valence-corrected chi connectivity index (χ4v) is 0.864. The summed E-state index contributed by atoms with van der Waals surface area (Å²) < 4.78 is 0. The van der Waals surface area contributed by atoms with Gasteiger partial charge in [-0.2, -0.15) is 0 Å². The summed E-state index contributed by atoms with van der Waals surface area (Å²) in [6, 6.07) is 8.06. The van der Waals surface area contributed by atoms with E-state index in [0.29, 0.717) is 0 Å². The van der Waals surface area contributed by atoms with E-state index in [2.05, 4.69) is 9.99 Å². The summed E-state index contributed by atoms with van der Waals surface area (Å²) in [6.45, 7) is 2.05. The lowest BCUT2D eigenvalue weighted by molar-refractivity contribution is 0.215. The van der Waals surface area contributed by atoms with Crippen LogP contribution < -0.4 is 0 Å². The van der Waals surface area contributed by atoms with Gasteiger partial charge in [-0.3, -0.25) is 0 Å². The fraction of sp³-hybridized carbons (Fsp3) is 0.222. The smallest absolute Gasteiger partial charge is 0.106 e. The van der Waals surface area contributed by atoms with Gasteiger partial charge in [0.1, 0.15) is 7.11 Å². The van der Waals surface area contributed by atoms with Gasteiger partial charge in [-0.1, -0.05) is 35.0 Å². The molecule has 0 aliphatic carbocycles. The molecule has 0 aliphatic rings. The number of hydrogen-bond acceptors (Lipinski definition) is 2. The van der Waals surface area contributed by atoms with Crippen molar-refractivity contribution in [2.45, 2.75) is 6.92 Å². The summed E-state index contributed by atoms with van der Waals surface area (Å²) in [5.74, 6) is 0. The number of hydrogen-bond donors (Lipinski definition) is 0. The van der Waals surface area contributed by atoms with Gasteiger partial charge in [0, 0.05) is 0 Å². The van der Waals surface area contributed by atoms with Crippen LogP contribution in [-0.2, 0) is 4.84 Å². The van der Waals surface area contributed by atoms with Gasteiger partial charge in [-0.25, -0.2) is 0 Å². The monoisotopic (exact) mass is 149 g/mol. The van der Waals surface area contributed by atoms with E-state index in [-0.39, 0.29) is 0 Å². The van der Waals surface area contributed by atoms with Gasteiger partial charge in [0.2, 0.25) is 0 Å². The number of aryl methyl sites for hydroxylation is 1. The maximum Gasteiger partial charge on any atom is 0.106 e. The summed E-state index contributed by atoms with van der Waals surface area (Å²) in [5, 5.41) is 3.66. The molecule has 0 saturated heterocycles. The molecule has 58 valence electrons. The highest BCUT2D eigenvalue weighted by Crippen LogP contribution is 2.00. The van der Waals surface area contributed by atoms with Crippen LogP contribution in [0.15, 0.2) is 29.4 Å². The zero-order chi connectivity index (χ0) is 8.10. The summed E-state index contributed by atoms with van der Waals surface area (Å²) in [4.78, 5) is 4.56. The molecular weight excluding hydrogens is 138 g/mol. The lowest BCUT2D eigenvalue weighted by Crippen LogP contribution is -1.82. The van der Waals surface area contributed by atoms with Crippen molar-refractivity contribution in [1.29, 1.82) is 0 Å². The summed E-state index contributed by atoms with van der Waals surface area (Å²) >= 11 is 0. The Bertz CT molecular complexity index is 255. The first-order valence-electron chi connectivity index (χ1n) is 3.46. The van der Waals surface area contributed by atoms with Crippen LogP contribution in [-0.4, -0.2) is 13.3 Å². The molecule has 0 N–H and O–H groups in total. The van der Waals surface area contributed by atoms with Crippen LogP contribution in [0.4, 0.5) is 0 Å². The van der Waals surface area contributed by atoms with Gasteiger partial charge in [0.25, 0.3) is 0 Å². The Morgan fingerprint density at radius 2 is 2.27 bits per heavy atom. The molecule has 0 amide bonds. The van der Waals surface area contributed by atoms with E-state index < -0.39 is 0 Å². The molecule has 1 rings (SSSR count). The Labute approximate surface area is 66.5 Å². The number of rotatable bonds is 2. The molecule has 0 fully saturated rings. The van der Waals surface area contributed by atoms with Crippen LogP contribution in [0, 0.1) is 6.92 Å². The quantitative estimate of drug-likeness (QED) is 0.465. The molecule has 2 nitrogen and oxygen atoms in total. The van der Waals surface area contributed by atoms with Crippen molar-refractivity contribution < 1.29 is 4.84 Å². The predicted molar refractivity (Wildman–Crippen MR) is 45.8 cm³/mol. The summed E-state index contributed by atoms with van der Waals surface area (Å²) in [7, 11) is 1.53. The highest BCUT2D eigenvalue weighted by molar-refractivity contribution is 5.79. The Hall–Kier alpha value is -1.31. The van der Waals surface area contributed by atoms with Gasteiger partial charge >= 0.3 is 0 Å². The third kappa shape index (κ3) is 2.42. The molecule has 0 aliphatic heterocycles. The molecule has 0 radical (unpaired) electrons. The van der Waals surface area contributed by atoms with Crippen molar-refractivity contribution in [2.24, 2.45) is 5.16 Å². The highest BCUT2D eigenvalue weighted by Gasteiger charge is 1.86. The predicted octanol–water partition coefficient (Wildman–Crippen LogP) is 1.98. The largest absolute Gasteiger partial charge is 0.399 e. The first-order valence-corrected chi connectivity index (χ1v) is 3.46. The van der Waals surface area contributed by atoms with E-state index in [1.807, 2.05) is 31.2 Å². The van der Waals surface area contributed by atoms with Crippen molar-refractivity contribution in [3.8, 4) is 0 Å². The van der Waals surface area contributed by atoms with Crippen LogP contribution in [0.5, 0.6) is 0 Å². The number of nitrogens with zero attached hydrogens (tertiary/aromatic N) is 1. The van der Waals surface area contributed by atoms with Gasteiger partial charge < -0.3 is 4.84 Å². The molecule has 0 atom stereocenters. The average Bonchev–Trinajstić information content (AvgIpc) is 2.01. The van der Waals surface area contributed by atoms with E-state index in [9.17, 15) is 0 Å². The van der Waals surface area contributed by atoms with Crippen LogP contribution >= 0.6 is 0 Å². The van der Waals surface area contributed by atoms with Crippen molar-refractivity contribution in [3.05, 3.63) is 35.4 Å². The summed E-state index contributed by atoms with van der Waals surface area (Å²) in [5.41, 5.74) is 2.29. The van der Waals surface area contributed by atoms with Crippen LogP contribution in [0.25, 0.3) is 0 Å². The minimum absolute atomic E-state index is 1.06. The second-order valence-corrected chi connectivity index (χ2v) is 2.33. The van der Waals surface area contributed by atoms with Gasteiger partial charge in [0.15, 0.2) is 0 Å². The molecule has 0 heterocycles. The van der Waals surface area contributed by atoms with E-state index in [4.69, 9.17) is 0 Å². The van der Waals surface area contributed by atoms with E-state index in [0.717, 1.165) is 5.56 Å². The lowest BCUT2D eigenvalue weighted by atomic mass is 10.2. The Morgan fingerprint density at radius 1 is 1.45 bits per heavy atom. The highest BCUT2D eigenvalue weighted by atomic mass is 16.6. The Kier molecular flexibility index (Phi) is 2.66. The van der Waals surface area contributed by atoms with Crippen molar-refractivity contribution in [2.75, 3.05) is 7.11 Å². The van der Waals surface area contributed by atoms with Crippen molar-refractivity contribution >= 4 is 6.21 Å². The molecule has 0 unspecified atom stereocenters. The lowest BCUT2D eigenvalue weighted by Gasteiger charge is -1.93. The van der Waals surface area contributed by atoms with Crippen LogP contribution in [0.3, 0.4) is 0 Å². The van der Waals surface area contributed by atoms with Gasteiger partial charge in [-0.05, 0) is 12.5 Å². The van der Waals surface area contributed by atoms with Crippen molar-refractivity contribution in [3.63, 3.8) is 0 Å². The van der Waals surface area contributed by atoms with Gasteiger partial charge in [-0.15, -0.1) is 0 Å². The third-order valence-corrected chi connectivity index (χ3v) is 1.35. The molecule has 0 bridgehead atoms. The minimum atomic E-state index is 1.06. The standard InChI is InChI=1S/C9H11NO/c1-8-4-3-5-9(6-8)7-10-11-2/h3-7H,1-2H3. The second kappa shape index (κ2) is 3.76. The molecule has 2 heteroatoms. The SMILES string of the molecule is CON=Cc1cccc(C)c1. The zero-order valence-electron chi connectivity index (χ0n) is 6.74. The van der Waals surface area contributed by atoms with E-state index in [1.54, 1.807) is 6.21 Å². The second-order valence-electron chi connectivity index (χ2n) is 2.33. The molecule has 1 aromatic carbocycles. The van der Waals surface area contributed by atoms with Crippen LogP contribution in [0.2, 0.25) is 0 Å². The summed E-state index contributed by atoms with van der Waals surface area (Å²) in [6.07, 6.45) is 1.69. The fourth-order valence-electron chi connectivity index (χ4n) is 0.864. The Morgan fingerprint density at radius 3 is 2.91 bits per heavy atom. The number of oxime groups is 1. The third-order valence-electron chi connectivity index (χ3n) is 1.35. The molecule has 1 aromatic rings. The first kappa shape index (κ1) is 7.79. The maximum atomic E-state index is 4.56. The van der Waals surface area contributed by atoms with Gasteiger partial charge in [0.05, 0.1) is 6.21 Å². The van der Waals surface area contributed by atoms with Crippen molar-refractivity contribution in [1.82, 2.24) is 0 Å². The first-order chi connectivity index (χ1) is 5.33. The average molecular weight is 149 g/mol. The molecule has 0 spiro atoms. The van der Waals surface area contributed by atoms with Crippen LogP contribution in [0.1, 0.15) is 11.1 Å². The molecular formula is C9H11NO. The molecule has 0 aromatic heterocycles. The zero-order valence-corrected chi connectivity index (χ0v) is 6.74. The normalized spacial score (nSPS) is 10.4. The molecule has 0 saturated carbocycles. The molecule has 11 heavy (non-hydrogen) atoms.